The van der Waals surface area contributed by atoms with Gasteiger partial charge in [0.25, 0.3) is 5.91 Å². The van der Waals surface area contributed by atoms with E-state index >= 15 is 0 Å². The summed E-state index contributed by atoms with van der Waals surface area (Å²) in [5.41, 5.74) is 4.70. The maximum absolute atomic E-state index is 12.2. The van der Waals surface area contributed by atoms with Crippen molar-refractivity contribution in [2.75, 3.05) is 26.3 Å². The monoisotopic (exact) mass is 363 g/mol. The van der Waals surface area contributed by atoms with Gasteiger partial charge >= 0.3 is 11.8 Å². The minimum atomic E-state index is -0.851. The lowest BCUT2D eigenvalue weighted by Gasteiger charge is -2.25. The number of nitrogens with zero attached hydrogens (tertiary/aromatic N) is 1. The predicted octanol–water partition coefficient (Wildman–Crippen LogP) is 1.26. The van der Waals surface area contributed by atoms with Crippen LogP contribution in [0.5, 0.6) is 11.5 Å². The third-order valence-corrected chi connectivity index (χ3v) is 3.93. The molecule has 0 atom stereocenters. The Bertz CT molecular complexity index is 656. The highest BCUT2D eigenvalue weighted by Crippen LogP contribution is 2.28. The van der Waals surface area contributed by atoms with Crippen LogP contribution < -0.4 is 20.3 Å². The van der Waals surface area contributed by atoms with E-state index in [9.17, 15) is 14.4 Å². The smallest absolute Gasteiger partial charge is 0.327 e. The molecular weight excluding hydrogens is 338 g/mol. The van der Waals surface area contributed by atoms with Crippen molar-refractivity contribution in [3.63, 3.8) is 0 Å². The van der Waals surface area contributed by atoms with Crippen LogP contribution in [0.15, 0.2) is 18.2 Å². The van der Waals surface area contributed by atoms with Crippen molar-refractivity contribution >= 4 is 17.7 Å². The van der Waals surface area contributed by atoms with Gasteiger partial charge in [0.2, 0.25) is 0 Å². The van der Waals surface area contributed by atoms with Crippen molar-refractivity contribution in [3.05, 3.63) is 23.8 Å². The molecule has 0 unspecified atom stereocenters. The van der Waals surface area contributed by atoms with Gasteiger partial charge in [-0.05, 0) is 51.3 Å². The number of likely N-dealkylation sites (tertiary alicyclic amines) is 1. The topological polar surface area (TPSA) is 97.0 Å². The Hall–Kier alpha value is -2.77. The van der Waals surface area contributed by atoms with Gasteiger partial charge < -0.3 is 14.4 Å². The molecule has 1 saturated heterocycles. The van der Waals surface area contributed by atoms with Gasteiger partial charge in [-0.15, -0.1) is 0 Å². The van der Waals surface area contributed by atoms with E-state index in [-0.39, 0.29) is 5.56 Å². The van der Waals surface area contributed by atoms with Crippen LogP contribution in [-0.2, 0) is 9.59 Å². The van der Waals surface area contributed by atoms with E-state index in [1.165, 1.54) is 11.0 Å². The second kappa shape index (κ2) is 9.65. The fourth-order valence-electron chi connectivity index (χ4n) is 2.67. The minimum Gasteiger partial charge on any atom is -0.490 e. The molecule has 3 amide bonds. The second-order valence-electron chi connectivity index (χ2n) is 5.79. The van der Waals surface area contributed by atoms with Crippen molar-refractivity contribution < 1.29 is 23.9 Å². The van der Waals surface area contributed by atoms with Gasteiger partial charge in [0.05, 0.1) is 13.2 Å². The molecule has 142 valence electrons. The standard InChI is InChI=1S/C18H25N3O5/c1-3-25-14-9-8-13(12-15(14)26-4-2)16(22)19-20-17(23)18(24)21-10-6-5-7-11-21/h8-9,12H,3-7,10-11H2,1-2H3,(H,19,22)(H,20,23). The van der Waals surface area contributed by atoms with Gasteiger partial charge in [-0.3, -0.25) is 25.2 Å². The average Bonchev–Trinajstić information content (AvgIpc) is 2.67. The third kappa shape index (κ3) is 5.11. The molecule has 1 aromatic carbocycles. The molecule has 1 fully saturated rings. The van der Waals surface area contributed by atoms with Crippen LogP contribution in [0.2, 0.25) is 0 Å². The van der Waals surface area contributed by atoms with Crippen molar-refractivity contribution in [3.8, 4) is 11.5 Å². The van der Waals surface area contributed by atoms with Crippen molar-refractivity contribution in [2.45, 2.75) is 33.1 Å². The van der Waals surface area contributed by atoms with Crippen LogP contribution in [0.4, 0.5) is 0 Å². The van der Waals surface area contributed by atoms with E-state index in [2.05, 4.69) is 10.9 Å². The summed E-state index contributed by atoms with van der Waals surface area (Å²) in [6, 6.07) is 4.72. The summed E-state index contributed by atoms with van der Waals surface area (Å²) in [6.45, 7) is 5.71. The molecule has 0 bridgehead atoms. The van der Waals surface area contributed by atoms with Gasteiger partial charge in [-0.2, -0.15) is 0 Å². The first kappa shape index (κ1) is 19.6. The summed E-state index contributed by atoms with van der Waals surface area (Å²) in [4.78, 5) is 37.7. The molecule has 8 nitrogen and oxygen atoms in total. The Morgan fingerprint density at radius 2 is 1.62 bits per heavy atom. The molecule has 2 N–H and O–H groups in total. The van der Waals surface area contributed by atoms with Crippen molar-refractivity contribution in [1.29, 1.82) is 0 Å². The first-order valence-electron chi connectivity index (χ1n) is 8.86. The third-order valence-electron chi connectivity index (χ3n) is 3.93. The molecule has 1 heterocycles. The van der Waals surface area contributed by atoms with Gasteiger partial charge in [-0.25, -0.2) is 0 Å². The second-order valence-corrected chi connectivity index (χ2v) is 5.79. The maximum Gasteiger partial charge on any atom is 0.327 e. The normalized spacial score (nSPS) is 13.7. The van der Waals surface area contributed by atoms with Gasteiger partial charge in [-0.1, -0.05) is 0 Å². The van der Waals surface area contributed by atoms with Crippen LogP contribution in [0.25, 0.3) is 0 Å². The fraction of sp³-hybridized carbons (Fsp3) is 0.500. The first-order valence-corrected chi connectivity index (χ1v) is 8.86. The number of rotatable bonds is 5. The van der Waals surface area contributed by atoms with E-state index in [0.717, 1.165) is 19.3 Å². The van der Waals surface area contributed by atoms with Crippen LogP contribution in [0, 0.1) is 0 Å². The summed E-state index contributed by atoms with van der Waals surface area (Å²) in [5.74, 6) is -1.05. The summed E-state index contributed by atoms with van der Waals surface area (Å²) in [7, 11) is 0. The van der Waals surface area contributed by atoms with E-state index in [1.807, 2.05) is 13.8 Å². The van der Waals surface area contributed by atoms with Crippen LogP contribution in [0.3, 0.4) is 0 Å². The molecule has 0 radical (unpaired) electrons. The summed E-state index contributed by atoms with van der Waals surface area (Å²) >= 11 is 0. The molecular formula is C18H25N3O5. The zero-order valence-corrected chi connectivity index (χ0v) is 15.2. The number of hydrazine groups is 1. The average molecular weight is 363 g/mol. The number of amides is 3. The van der Waals surface area contributed by atoms with Crippen molar-refractivity contribution in [1.82, 2.24) is 15.8 Å². The van der Waals surface area contributed by atoms with Crippen LogP contribution in [-0.4, -0.2) is 48.9 Å². The molecule has 0 aliphatic carbocycles. The molecule has 1 aliphatic rings. The highest BCUT2D eigenvalue weighted by Gasteiger charge is 2.23. The lowest BCUT2D eigenvalue weighted by atomic mass is 10.1. The molecule has 1 aromatic rings. The Kier molecular flexibility index (Phi) is 7.25. The molecule has 0 aromatic heterocycles. The zero-order valence-electron chi connectivity index (χ0n) is 15.2. The van der Waals surface area contributed by atoms with E-state index < -0.39 is 17.7 Å². The highest BCUT2D eigenvalue weighted by molar-refractivity contribution is 6.35. The first-order chi connectivity index (χ1) is 12.6. The molecule has 26 heavy (non-hydrogen) atoms. The summed E-state index contributed by atoms with van der Waals surface area (Å²) in [6.07, 6.45) is 2.83. The van der Waals surface area contributed by atoms with Gasteiger partial charge in [0.1, 0.15) is 0 Å². The Morgan fingerprint density at radius 3 is 2.27 bits per heavy atom. The van der Waals surface area contributed by atoms with Gasteiger partial charge in [0.15, 0.2) is 11.5 Å². The van der Waals surface area contributed by atoms with E-state index in [4.69, 9.17) is 9.47 Å². The highest BCUT2D eigenvalue weighted by atomic mass is 16.5. The quantitative estimate of drug-likeness (QED) is 0.606. The van der Waals surface area contributed by atoms with Gasteiger partial charge in [0, 0.05) is 18.7 Å². The number of carbonyl (C=O) groups excluding carboxylic acids is 3. The van der Waals surface area contributed by atoms with E-state index in [1.54, 1.807) is 12.1 Å². The Balaban J connectivity index is 1.95. The SMILES string of the molecule is CCOc1ccc(C(=O)NNC(=O)C(=O)N2CCCCC2)cc1OCC. The van der Waals surface area contributed by atoms with Crippen LogP contribution in [0.1, 0.15) is 43.5 Å². The fourth-order valence-corrected chi connectivity index (χ4v) is 2.67. The zero-order chi connectivity index (χ0) is 18.9. The largest absolute Gasteiger partial charge is 0.490 e. The number of hydrogen-bond acceptors (Lipinski definition) is 5. The number of benzene rings is 1. The number of hydrogen-bond donors (Lipinski definition) is 2. The van der Waals surface area contributed by atoms with Crippen LogP contribution >= 0.6 is 0 Å². The van der Waals surface area contributed by atoms with E-state index in [0.29, 0.717) is 37.8 Å². The molecule has 0 spiro atoms. The molecule has 8 heteroatoms. The molecule has 0 saturated carbocycles. The van der Waals surface area contributed by atoms with Crippen molar-refractivity contribution in [2.24, 2.45) is 0 Å². The predicted molar refractivity (Wildman–Crippen MR) is 94.8 cm³/mol. The maximum atomic E-state index is 12.2. The lowest BCUT2D eigenvalue weighted by Crippen LogP contribution is -2.50. The number of piperidine rings is 1. The lowest BCUT2D eigenvalue weighted by molar-refractivity contribution is -0.146. The Morgan fingerprint density at radius 1 is 0.962 bits per heavy atom. The number of ether oxygens (including phenoxy) is 2. The molecule has 2 rings (SSSR count). The Labute approximate surface area is 152 Å². The summed E-state index contributed by atoms with van der Waals surface area (Å²) < 4.78 is 10.9. The number of carbonyl (C=O) groups is 3. The number of nitrogens with one attached hydrogen (secondary N) is 2. The summed E-state index contributed by atoms with van der Waals surface area (Å²) in [5, 5.41) is 0. The molecule has 1 aliphatic heterocycles. The minimum absolute atomic E-state index is 0.280.